The Morgan fingerprint density at radius 3 is 2.42 bits per heavy atom. The van der Waals surface area contributed by atoms with Gasteiger partial charge in [0.15, 0.2) is 29.7 Å². The van der Waals surface area contributed by atoms with Crippen molar-refractivity contribution in [2.45, 2.75) is 38.4 Å². The molecule has 0 spiro atoms. The summed E-state index contributed by atoms with van der Waals surface area (Å²) in [6.45, 7) is -0.177. The van der Waals surface area contributed by atoms with Gasteiger partial charge in [0.25, 0.3) is 0 Å². The summed E-state index contributed by atoms with van der Waals surface area (Å²) >= 11 is 12.1. The van der Waals surface area contributed by atoms with Gasteiger partial charge in [-0.15, -0.1) is 10.2 Å². The number of rotatable bonds is 8. The number of nitrogens with zero attached hydrogens (tertiary/aromatic N) is 6. The van der Waals surface area contributed by atoms with Crippen molar-refractivity contribution in [3.63, 3.8) is 0 Å². The summed E-state index contributed by atoms with van der Waals surface area (Å²) in [5.74, 6) is -0.928. The van der Waals surface area contributed by atoms with Crippen molar-refractivity contribution in [2.75, 3.05) is 0 Å². The summed E-state index contributed by atoms with van der Waals surface area (Å²) < 4.78 is 60.6. The standard InChI is InChI=1S/C23H19Cl2F4N7O4/c1-11(40-21(30)38)19-31-18(32-36(19)16-7-6-14(26)8-15(16)25)10-35-22(39)34(9-17(37)23(27,28)29)20(33-35)12-2-4-13(24)5-3-12/h2-8,11,17,37H,9-10H2,1H3,(H2,30,38)/t11?,17-/m0/s1. The van der Waals surface area contributed by atoms with Gasteiger partial charge in [-0.1, -0.05) is 23.2 Å². The number of amides is 1. The molecule has 0 aliphatic heterocycles. The third kappa shape index (κ3) is 6.26. The van der Waals surface area contributed by atoms with E-state index in [0.717, 1.165) is 21.5 Å². The molecule has 11 nitrogen and oxygen atoms in total. The Kier molecular flexibility index (Phi) is 8.18. The summed E-state index contributed by atoms with van der Waals surface area (Å²) in [4.78, 5) is 28.8. The van der Waals surface area contributed by atoms with Gasteiger partial charge in [-0.2, -0.15) is 13.2 Å². The number of hydrogen-bond acceptors (Lipinski definition) is 7. The Labute approximate surface area is 232 Å². The Balaban J connectivity index is 1.80. The zero-order chi connectivity index (χ0) is 29.4. The van der Waals surface area contributed by atoms with Gasteiger partial charge >= 0.3 is 18.0 Å². The molecule has 0 aliphatic rings. The first-order valence-electron chi connectivity index (χ1n) is 11.3. The van der Waals surface area contributed by atoms with Crippen LogP contribution in [0.4, 0.5) is 22.4 Å². The zero-order valence-electron chi connectivity index (χ0n) is 20.3. The molecule has 3 N–H and O–H groups in total. The zero-order valence-corrected chi connectivity index (χ0v) is 21.8. The number of ether oxygens (including phenoxy) is 1. The van der Waals surface area contributed by atoms with Gasteiger partial charge in [-0.25, -0.2) is 28.3 Å². The molecule has 0 radical (unpaired) electrons. The lowest BCUT2D eigenvalue weighted by Crippen LogP contribution is -2.37. The maximum absolute atomic E-state index is 13.6. The van der Waals surface area contributed by atoms with Crippen molar-refractivity contribution in [3.05, 3.63) is 80.5 Å². The lowest BCUT2D eigenvalue weighted by Gasteiger charge is -2.15. The number of aromatic nitrogens is 6. The molecule has 1 amide bonds. The number of aliphatic hydroxyl groups is 1. The van der Waals surface area contributed by atoms with E-state index in [0.29, 0.717) is 9.59 Å². The molecule has 2 aromatic carbocycles. The molecular formula is C23H19Cl2F4N7O4. The molecule has 0 fully saturated rings. The van der Waals surface area contributed by atoms with E-state index in [1.165, 1.54) is 37.3 Å². The van der Waals surface area contributed by atoms with Gasteiger partial charge in [0, 0.05) is 10.6 Å². The second-order valence-electron chi connectivity index (χ2n) is 8.41. The smallest absolute Gasteiger partial charge is 0.416 e. The van der Waals surface area contributed by atoms with E-state index in [-0.39, 0.29) is 33.7 Å². The van der Waals surface area contributed by atoms with Crippen molar-refractivity contribution >= 4 is 29.3 Å². The average molecular weight is 604 g/mol. The van der Waals surface area contributed by atoms with Crippen LogP contribution in [0.5, 0.6) is 0 Å². The van der Waals surface area contributed by atoms with Gasteiger partial charge in [0.2, 0.25) is 0 Å². The van der Waals surface area contributed by atoms with Crippen molar-refractivity contribution in [2.24, 2.45) is 5.73 Å². The van der Waals surface area contributed by atoms with E-state index in [1.807, 2.05) is 0 Å². The number of benzene rings is 2. The highest BCUT2D eigenvalue weighted by molar-refractivity contribution is 6.32. The summed E-state index contributed by atoms with van der Waals surface area (Å²) in [5, 5.41) is 18.3. The van der Waals surface area contributed by atoms with Gasteiger partial charge in [0.1, 0.15) is 12.4 Å². The number of carbonyl (C=O) groups excluding carboxylic acids is 1. The highest BCUT2D eigenvalue weighted by Gasteiger charge is 2.39. The predicted octanol–water partition coefficient (Wildman–Crippen LogP) is 3.87. The minimum absolute atomic E-state index is 0.0137. The minimum atomic E-state index is -5.00. The first kappa shape index (κ1) is 29.0. The molecule has 40 heavy (non-hydrogen) atoms. The maximum Gasteiger partial charge on any atom is 0.416 e. The van der Waals surface area contributed by atoms with Crippen LogP contribution in [-0.2, 0) is 17.8 Å². The lowest BCUT2D eigenvalue weighted by atomic mass is 10.2. The van der Waals surface area contributed by atoms with E-state index in [4.69, 9.17) is 33.7 Å². The van der Waals surface area contributed by atoms with Crippen LogP contribution in [0.1, 0.15) is 24.7 Å². The van der Waals surface area contributed by atoms with Crippen LogP contribution >= 0.6 is 23.2 Å². The Morgan fingerprint density at radius 1 is 1.15 bits per heavy atom. The van der Waals surface area contributed by atoms with Crippen LogP contribution in [0, 0.1) is 5.82 Å². The Morgan fingerprint density at radius 2 is 1.82 bits per heavy atom. The van der Waals surface area contributed by atoms with Crippen LogP contribution < -0.4 is 11.4 Å². The van der Waals surface area contributed by atoms with Gasteiger partial charge in [0.05, 0.1) is 17.3 Å². The van der Waals surface area contributed by atoms with E-state index < -0.39 is 49.1 Å². The Bertz CT molecular complexity index is 1600. The molecule has 2 atom stereocenters. The molecule has 2 aromatic heterocycles. The number of alkyl halides is 3. The van der Waals surface area contributed by atoms with Crippen molar-refractivity contribution < 1.29 is 32.2 Å². The number of carbonyl (C=O) groups is 1. The van der Waals surface area contributed by atoms with Crippen molar-refractivity contribution in [1.82, 2.24) is 29.1 Å². The summed E-state index contributed by atoms with van der Waals surface area (Å²) in [5.41, 5.74) is 4.49. The first-order valence-corrected chi connectivity index (χ1v) is 12.1. The Hall–Kier alpha value is -3.95. The monoisotopic (exact) mass is 603 g/mol. The van der Waals surface area contributed by atoms with E-state index in [2.05, 4.69) is 15.2 Å². The van der Waals surface area contributed by atoms with Gasteiger partial charge in [-0.3, -0.25) is 4.57 Å². The van der Waals surface area contributed by atoms with E-state index >= 15 is 0 Å². The highest BCUT2D eigenvalue weighted by Crippen LogP contribution is 2.27. The molecule has 4 rings (SSSR count). The number of nitrogens with two attached hydrogens (primary N) is 1. The topological polar surface area (TPSA) is 143 Å². The van der Waals surface area contributed by atoms with Gasteiger partial charge in [-0.05, 0) is 49.4 Å². The molecule has 17 heteroatoms. The normalized spacial score (nSPS) is 13.3. The second-order valence-corrected chi connectivity index (χ2v) is 9.26. The van der Waals surface area contributed by atoms with Crippen LogP contribution in [-0.4, -0.2) is 52.6 Å². The van der Waals surface area contributed by atoms with Crippen molar-refractivity contribution in [1.29, 1.82) is 0 Å². The minimum Gasteiger partial charge on any atom is -0.438 e. The summed E-state index contributed by atoms with van der Waals surface area (Å²) in [6.07, 6.45) is -10.1. The van der Waals surface area contributed by atoms with Crippen LogP contribution in [0.3, 0.4) is 0 Å². The number of hydrogen-bond donors (Lipinski definition) is 2. The van der Waals surface area contributed by atoms with Gasteiger partial charge < -0.3 is 15.6 Å². The molecule has 2 heterocycles. The van der Waals surface area contributed by atoms with Crippen molar-refractivity contribution in [3.8, 4) is 17.1 Å². The van der Waals surface area contributed by atoms with E-state index in [1.54, 1.807) is 0 Å². The molecule has 0 aliphatic carbocycles. The third-order valence-electron chi connectivity index (χ3n) is 5.52. The largest absolute Gasteiger partial charge is 0.438 e. The fourth-order valence-corrected chi connectivity index (χ4v) is 4.06. The summed E-state index contributed by atoms with van der Waals surface area (Å²) in [7, 11) is 0. The third-order valence-corrected chi connectivity index (χ3v) is 6.07. The lowest BCUT2D eigenvalue weighted by molar-refractivity contribution is -0.207. The second kappa shape index (κ2) is 11.3. The van der Waals surface area contributed by atoms with Crippen LogP contribution in [0.25, 0.3) is 17.1 Å². The maximum atomic E-state index is 13.6. The molecule has 1 unspecified atom stereocenters. The SMILES string of the molecule is CC(OC(N)=O)c1nc(Cn2nc(-c3ccc(Cl)cc3)n(C[C@H](O)C(F)(F)F)c2=O)nn1-c1ccc(F)cc1Cl. The molecule has 0 saturated carbocycles. The summed E-state index contributed by atoms with van der Waals surface area (Å²) in [6, 6.07) is 9.18. The fraction of sp³-hybridized carbons (Fsp3) is 0.261. The molecule has 4 aromatic rings. The number of aliphatic hydroxyl groups excluding tert-OH is 1. The molecule has 0 saturated heterocycles. The van der Waals surface area contributed by atoms with Crippen LogP contribution in [0.2, 0.25) is 10.0 Å². The average Bonchev–Trinajstić information content (AvgIpc) is 3.40. The predicted molar refractivity (Wildman–Crippen MR) is 134 cm³/mol. The first-order chi connectivity index (χ1) is 18.7. The highest BCUT2D eigenvalue weighted by atomic mass is 35.5. The fourth-order valence-electron chi connectivity index (χ4n) is 3.69. The quantitative estimate of drug-likeness (QED) is 0.291. The number of primary amides is 1. The number of halogens is 6. The molecule has 0 bridgehead atoms. The van der Waals surface area contributed by atoms with E-state index in [9.17, 15) is 32.3 Å². The molecule has 212 valence electrons. The van der Waals surface area contributed by atoms with Crippen LogP contribution in [0.15, 0.2) is 47.3 Å². The molecular weight excluding hydrogens is 585 g/mol.